The fourth-order valence-electron chi connectivity index (χ4n) is 1.09. The maximum absolute atomic E-state index is 13.2. The van der Waals surface area contributed by atoms with Gasteiger partial charge in [0.2, 0.25) is 0 Å². The molecule has 0 amide bonds. The SMILES string of the molecule is [CH2]Cc1c(F)cc(C(=C)C)cc1F. The predicted octanol–water partition coefficient (Wildman–Crippen LogP) is 3.37. The number of allylic oxidation sites excluding steroid dienone is 1. The molecule has 0 unspecified atom stereocenters. The van der Waals surface area contributed by atoms with E-state index in [1.165, 1.54) is 12.1 Å². The summed E-state index contributed by atoms with van der Waals surface area (Å²) in [4.78, 5) is 0. The summed E-state index contributed by atoms with van der Waals surface area (Å²) in [6, 6.07) is 2.57. The monoisotopic (exact) mass is 181 g/mol. The standard InChI is InChI=1S/C11H11F2/c1-4-9-10(12)5-8(7(2)3)6-11(9)13/h5-6H,1-2,4H2,3H3. The smallest absolute Gasteiger partial charge is 0.129 e. The second-order valence-corrected chi connectivity index (χ2v) is 2.95. The van der Waals surface area contributed by atoms with Crippen molar-refractivity contribution in [3.8, 4) is 0 Å². The number of halogens is 2. The number of rotatable bonds is 2. The van der Waals surface area contributed by atoms with Gasteiger partial charge in [-0.2, -0.15) is 0 Å². The molecule has 0 aliphatic heterocycles. The van der Waals surface area contributed by atoms with Crippen LogP contribution in [-0.4, -0.2) is 0 Å². The minimum atomic E-state index is -0.548. The molecule has 0 saturated heterocycles. The van der Waals surface area contributed by atoms with Crippen LogP contribution in [0.3, 0.4) is 0 Å². The van der Waals surface area contributed by atoms with Crippen LogP contribution in [0, 0.1) is 18.6 Å². The van der Waals surface area contributed by atoms with Crippen molar-refractivity contribution in [2.45, 2.75) is 13.3 Å². The highest BCUT2D eigenvalue weighted by Crippen LogP contribution is 2.19. The Morgan fingerprint density at radius 3 is 2.08 bits per heavy atom. The summed E-state index contributed by atoms with van der Waals surface area (Å²) < 4.78 is 26.3. The van der Waals surface area contributed by atoms with Crippen LogP contribution in [0.5, 0.6) is 0 Å². The second kappa shape index (κ2) is 3.69. The van der Waals surface area contributed by atoms with Gasteiger partial charge in [-0.3, -0.25) is 0 Å². The van der Waals surface area contributed by atoms with Crippen LogP contribution < -0.4 is 0 Å². The molecule has 2 heteroatoms. The van der Waals surface area contributed by atoms with Gasteiger partial charge >= 0.3 is 0 Å². The van der Waals surface area contributed by atoms with E-state index in [1.54, 1.807) is 6.92 Å². The van der Waals surface area contributed by atoms with Crippen molar-refractivity contribution in [2.75, 3.05) is 0 Å². The molecular formula is C11H11F2. The molecule has 0 bridgehead atoms. The van der Waals surface area contributed by atoms with Gasteiger partial charge in [-0.05, 0) is 38.0 Å². The lowest BCUT2D eigenvalue weighted by Crippen LogP contribution is -1.95. The third kappa shape index (κ3) is 1.94. The third-order valence-corrected chi connectivity index (χ3v) is 1.88. The first-order valence-electron chi connectivity index (χ1n) is 3.99. The molecule has 0 aromatic heterocycles. The Kier molecular flexibility index (Phi) is 2.81. The Morgan fingerprint density at radius 2 is 1.77 bits per heavy atom. The molecule has 1 aromatic rings. The first-order chi connectivity index (χ1) is 6.06. The van der Waals surface area contributed by atoms with E-state index >= 15 is 0 Å². The minimum absolute atomic E-state index is 0.0324. The van der Waals surface area contributed by atoms with Gasteiger partial charge in [0.25, 0.3) is 0 Å². The summed E-state index contributed by atoms with van der Waals surface area (Å²) in [6.07, 6.45) is 0.119. The molecule has 69 valence electrons. The molecule has 0 spiro atoms. The Hall–Kier alpha value is -1.18. The molecule has 13 heavy (non-hydrogen) atoms. The summed E-state index contributed by atoms with van der Waals surface area (Å²) in [5.41, 5.74) is 1.17. The Bertz CT molecular complexity index is 317. The van der Waals surface area contributed by atoms with Crippen LogP contribution >= 0.6 is 0 Å². The Labute approximate surface area is 76.9 Å². The van der Waals surface area contributed by atoms with Crippen molar-refractivity contribution in [1.82, 2.24) is 0 Å². The summed E-state index contributed by atoms with van der Waals surface area (Å²) in [5.74, 6) is -1.10. The maximum Gasteiger partial charge on any atom is 0.129 e. The van der Waals surface area contributed by atoms with Gasteiger partial charge in [0.15, 0.2) is 0 Å². The molecule has 0 N–H and O–H groups in total. The van der Waals surface area contributed by atoms with Crippen molar-refractivity contribution < 1.29 is 8.78 Å². The van der Waals surface area contributed by atoms with E-state index in [9.17, 15) is 8.78 Å². The van der Waals surface area contributed by atoms with Crippen LogP contribution in [0.25, 0.3) is 5.57 Å². The van der Waals surface area contributed by atoms with Crippen molar-refractivity contribution >= 4 is 5.57 Å². The summed E-state index contributed by atoms with van der Waals surface area (Å²) in [6.45, 7) is 8.77. The van der Waals surface area contributed by atoms with Gasteiger partial charge in [-0.1, -0.05) is 12.2 Å². The van der Waals surface area contributed by atoms with Crippen LogP contribution in [0.2, 0.25) is 0 Å². The van der Waals surface area contributed by atoms with E-state index in [4.69, 9.17) is 0 Å². The highest BCUT2D eigenvalue weighted by molar-refractivity contribution is 5.61. The highest BCUT2D eigenvalue weighted by atomic mass is 19.1. The van der Waals surface area contributed by atoms with E-state index in [-0.39, 0.29) is 12.0 Å². The van der Waals surface area contributed by atoms with Crippen LogP contribution in [-0.2, 0) is 6.42 Å². The lowest BCUT2D eigenvalue weighted by Gasteiger charge is -2.05. The molecule has 1 aromatic carbocycles. The maximum atomic E-state index is 13.2. The van der Waals surface area contributed by atoms with E-state index in [1.807, 2.05) is 0 Å². The first-order valence-corrected chi connectivity index (χ1v) is 3.99. The molecule has 0 aliphatic rings. The number of hydrogen-bond donors (Lipinski definition) is 0. The molecule has 1 rings (SSSR count). The normalized spacial score (nSPS) is 10.2. The van der Waals surface area contributed by atoms with E-state index in [0.29, 0.717) is 11.1 Å². The largest absolute Gasteiger partial charge is 0.207 e. The quantitative estimate of drug-likeness (QED) is 0.656. The molecule has 0 atom stereocenters. The zero-order valence-electron chi connectivity index (χ0n) is 7.53. The lowest BCUT2D eigenvalue weighted by molar-refractivity contribution is 0.561. The highest BCUT2D eigenvalue weighted by Gasteiger charge is 2.09. The number of benzene rings is 1. The summed E-state index contributed by atoms with van der Waals surface area (Å²) in [7, 11) is 0. The minimum Gasteiger partial charge on any atom is -0.207 e. The number of hydrogen-bond acceptors (Lipinski definition) is 0. The van der Waals surface area contributed by atoms with Crippen molar-refractivity contribution in [3.05, 3.63) is 48.4 Å². The molecule has 0 fully saturated rings. The molecular weight excluding hydrogens is 170 g/mol. The van der Waals surface area contributed by atoms with E-state index in [2.05, 4.69) is 13.5 Å². The average molecular weight is 181 g/mol. The zero-order chi connectivity index (χ0) is 10.0. The molecule has 0 saturated carbocycles. The first kappa shape index (κ1) is 9.90. The van der Waals surface area contributed by atoms with Gasteiger partial charge in [0, 0.05) is 5.56 Å². The average Bonchev–Trinajstić information content (AvgIpc) is 2.03. The molecule has 0 heterocycles. The van der Waals surface area contributed by atoms with Crippen LogP contribution in [0.4, 0.5) is 8.78 Å². The lowest BCUT2D eigenvalue weighted by atomic mass is 10.0. The van der Waals surface area contributed by atoms with Crippen molar-refractivity contribution in [1.29, 1.82) is 0 Å². The predicted molar refractivity (Wildman–Crippen MR) is 50.1 cm³/mol. The fourth-order valence-corrected chi connectivity index (χ4v) is 1.09. The fraction of sp³-hybridized carbons (Fsp3) is 0.182. The van der Waals surface area contributed by atoms with Gasteiger partial charge in [0.05, 0.1) is 0 Å². The van der Waals surface area contributed by atoms with Gasteiger partial charge in [0.1, 0.15) is 11.6 Å². The zero-order valence-corrected chi connectivity index (χ0v) is 7.53. The van der Waals surface area contributed by atoms with Gasteiger partial charge < -0.3 is 0 Å². The Morgan fingerprint density at radius 1 is 1.31 bits per heavy atom. The summed E-state index contributed by atoms with van der Waals surface area (Å²) >= 11 is 0. The molecule has 1 radical (unpaired) electrons. The van der Waals surface area contributed by atoms with E-state index in [0.717, 1.165) is 0 Å². The van der Waals surface area contributed by atoms with Gasteiger partial charge in [-0.15, -0.1) is 0 Å². The van der Waals surface area contributed by atoms with Crippen molar-refractivity contribution in [2.24, 2.45) is 0 Å². The second-order valence-electron chi connectivity index (χ2n) is 2.95. The molecule has 0 aliphatic carbocycles. The topological polar surface area (TPSA) is 0 Å². The Balaban J connectivity index is 3.28. The third-order valence-electron chi connectivity index (χ3n) is 1.88. The molecule has 0 nitrogen and oxygen atoms in total. The van der Waals surface area contributed by atoms with Crippen molar-refractivity contribution in [3.63, 3.8) is 0 Å². The summed E-state index contributed by atoms with van der Waals surface area (Å²) in [5, 5.41) is 0. The van der Waals surface area contributed by atoms with Crippen LogP contribution in [0.15, 0.2) is 18.7 Å². The van der Waals surface area contributed by atoms with Gasteiger partial charge in [-0.25, -0.2) is 8.78 Å². The van der Waals surface area contributed by atoms with E-state index < -0.39 is 11.6 Å². The van der Waals surface area contributed by atoms with Crippen LogP contribution in [0.1, 0.15) is 18.1 Å².